The fraction of sp³-hybridized carbons (Fsp3) is 0.500. The van der Waals surface area contributed by atoms with Crippen LogP contribution < -0.4 is 4.74 Å². The number of fused-ring (bicyclic) bond motifs is 3. The van der Waals surface area contributed by atoms with E-state index >= 15 is 0 Å². The molecule has 2 aliphatic heterocycles. The predicted molar refractivity (Wildman–Crippen MR) is 133 cm³/mol. The molecule has 1 fully saturated rings. The molecule has 0 saturated carbocycles. The number of benzene rings is 1. The van der Waals surface area contributed by atoms with E-state index in [0.717, 1.165) is 25.7 Å². The van der Waals surface area contributed by atoms with Crippen molar-refractivity contribution >= 4 is 28.6 Å². The fourth-order valence-electron chi connectivity index (χ4n) is 5.43. The Morgan fingerprint density at radius 1 is 1.36 bits per heavy atom. The van der Waals surface area contributed by atoms with E-state index in [0.29, 0.717) is 28.6 Å². The zero-order chi connectivity index (χ0) is 26.0. The van der Waals surface area contributed by atoms with Gasteiger partial charge in [-0.3, -0.25) is 9.59 Å². The summed E-state index contributed by atoms with van der Waals surface area (Å²) in [7, 11) is 1.29. The van der Waals surface area contributed by atoms with Gasteiger partial charge in [0.15, 0.2) is 11.5 Å². The number of pyridine rings is 1. The number of Topliss-reactive ketones (excluding diaryl/α,β-unsaturated/α-hetero) is 1. The van der Waals surface area contributed by atoms with Crippen molar-refractivity contribution in [3.05, 3.63) is 47.9 Å². The average molecular weight is 497 g/mol. The summed E-state index contributed by atoms with van der Waals surface area (Å²) in [5, 5.41) is 0.399. The number of halogens is 1. The van der Waals surface area contributed by atoms with Crippen LogP contribution in [-0.4, -0.2) is 52.8 Å². The van der Waals surface area contributed by atoms with Crippen LogP contribution in [0.3, 0.4) is 0 Å². The summed E-state index contributed by atoms with van der Waals surface area (Å²) in [6.45, 7) is 7.43. The van der Waals surface area contributed by atoms with E-state index in [9.17, 15) is 18.8 Å². The first-order valence-electron chi connectivity index (χ1n) is 12.5. The van der Waals surface area contributed by atoms with Gasteiger partial charge in [0.2, 0.25) is 5.91 Å². The number of allylic oxidation sites excluding steroid dienone is 1. The van der Waals surface area contributed by atoms with Crippen LogP contribution in [0.4, 0.5) is 4.39 Å². The van der Waals surface area contributed by atoms with Gasteiger partial charge in [0.05, 0.1) is 36.8 Å². The number of aryl methyl sites for hydroxylation is 1. The number of amides is 1. The number of carbonyl (C=O) groups excluding carboxylic acids is 3. The first kappa shape index (κ1) is 25.8. The van der Waals surface area contributed by atoms with Crippen molar-refractivity contribution in [2.75, 3.05) is 13.7 Å². The van der Waals surface area contributed by atoms with Crippen molar-refractivity contribution in [2.45, 2.75) is 70.4 Å². The number of carbonyl (C=O) groups is 3. The fourth-order valence-corrected chi connectivity index (χ4v) is 5.43. The third kappa shape index (κ3) is 4.86. The van der Waals surface area contributed by atoms with Crippen LogP contribution in [0.15, 0.2) is 30.9 Å². The van der Waals surface area contributed by atoms with Gasteiger partial charge in [-0.2, -0.15) is 0 Å². The Labute approximate surface area is 210 Å². The minimum Gasteiger partial charge on any atom is -0.482 e. The summed E-state index contributed by atoms with van der Waals surface area (Å²) in [4.78, 5) is 45.6. The zero-order valence-corrected chi connectivity index (χ0v) is 21.1. The third-order valence-electron chi connectivity index (χ3n) is 7.28. The van der Waals surface area contributed by atoms with Gasteiger partial charge in [0.1, 0.15) is 17.5 Å². The Kier molecular flexibility index (Phi) is 7.43. The summed E-state index contributed by atoms with van der Waals surface area (Å²) in [6, 6.07) is 3.29. The summed E-state index contributed by atoms with van der Waals surface area (Å²) >= 11 is 0. The summed E-state index contributed by atoms with van der Waals surface area (Å²) in [5.74, 6) is -1.36. The van der Waals surface area contributed by atoms with Crippen LogP contribution in [0, 0.1) is 18.7 Å². The lowest BCUT2D eigenvalue weighted by Crippen LogP contribution is -2.47. The highest BCUT2D eigenvalue weighted by Gasteiger charge is 2.55. The number of aromatic nitrogens is 1. The molecule has 4 rings (SSSR count). The maximum absolute atomic E-state index is 14.0. The van der Waals surface area contributed by atoms with E-state index < -0.39 is 23.4 Å². The molecule has 0 bridgehead atoms. The molecule has 1 spiro atoms. The Balaban J connectivity index is 1.61. The molecule has 3 atom stereocenters. The quantitative estimate of drug-likeness (QED) is 0.293. The highest BCUT2D eigenvalue weighted by atomic mass is 19.1. The molecule has 1 aromatic carbocycles. The van der Waals surface area contributed by atoms with Gasteiger partial charge in [0.25, 0.3) is 0 Å². The van der Waals surface area contributed by atoms with Gasteiger partial charge in [-0.1, -0.05) is 25.8 Å². The van der Waals surface area contributed by atoms with Crippen LogP contribution in [0.1, 0.15) is 67.9 Å². The first-order chi connectivity index (χ1) is 17.2. The molecule has 2 aliphatic rings. The maximum atomic E-state index is 14.0. The molecule has 0 radical (unpaired) electrons. The summed E-state index contributed by atoms with van der Waals surface area (Å²) in [5.41, 5.74) is 0.243. The second kappa shape index (κ2) is 10.4. The highest BCUT2D eigenvalue weighted by molar-refractivity contribution is 6.11. The summed E-state index contributed by atoms with van der Waals surface area (Å²) < 4.78 is 25.4. The van der Waals surface area contributed by atoms with Gasteiger partial charge < -0.3 is 14.4 Å². The van der Waals surface area contributed by atoms with E-state index in [1.54, 1.807) is 6.92 Å². The Hall–Kier alpha value is -3.29. The SMILES string of the molecule is C=CCCCCC[C@H](C)C(=O)N1C[C@@]2(CC(=O)c3c(c(C)nc4ccc(F)cc34)O2)C[C@H]1C(=O)OC. The van der Waals surface area contributed by atoms with E-state index in [-0.39, 0.29) is 42.7 Å². The topological polar surface area (TPSA) is 85.8 Å². The van der Waals surface area contributed by atoms with Crippen molar-refractivity contribution in [3.8, 4) is 5.75 Å². The van der Waals surface area contributed by atoms with E-state index in [4.69, 9.17) is 9.47 Å². The van der Waals surface area contributed by atoms with Crippen molar-refractivity contribution in [1.29, 1.82) is 0 Å². The first-order valence-corrected chi connectivity index (χ1v) is 12.5. The lowest BCUT2D eigenvalue weighted by atomic mass is 9.86. The van der Waals surface area contributed by atoms with Crippen LogP contribution in [-0.2, 0) is 14.3 Å². The number of unbranched alkanes of at least 4 members (excludes halogenated alkanes) is 3. The van der Waals surface area contributed by atoms with Gasteiger partial charge in [0, 0.05) is 17.7 Å². The second-order valence-corrected chi connectivity index (χ2v) is 9.98. The molecular weight excluding hydrogens is 463 g/mol. The van der Waals surface area contributed by atoms with Crippen molar-refractivity contribution in [3.63, 3.8) is 0 Å². The number of ether oxygens (including phenoxy) is 2. The van der Waals surface area contributed by atoms with Gasteiger partial charge in [-0.15, -0.1) is 6.58 Å². The molecule has 0 unspecified atom stereocenters. The number of likely N-dealkylation sites (tertiary alicyclic amines) is 1. The number of esters is 1. The van der Waals surface area contributed by atoms with E-state index in [2.05, 4.69) is 11.6 Å². The molecule has 2 aromatic rings. The predicted octanol–water partition coefficient (Wildman–Crippen LogP) is 4.93. The zero-order valence-electron chi connectivity index (χ0n) is 21.1. The molecule has 1 saturated heterocycles. The lowest BCUT2D eigenvalue weighted by Gasteiger charge is -2.35. The second-order valence-electron chi connectivity index (χ2n) is 9.98. The molecular formula is C28H33FN2O5. The Morgan fingerprint density at radius 3 is 2.86 bits per heavy atom. The normalized spacial score (nSPS) is 21.8. The maximum Gasteiger partial charge on any atom is 0.328 e. The van der Waals surface area contributed by atoms with Gasteiger partial charge in [-0.05, 0) is 44.4 Å². The molecule has 7 nitrogen and oxygen atoms in total. The van der Waals surface area contributed by atoms with Crippen molar-refractivity contribution < 1.29 is 28.2 Å². The molecule has 1 aromatic heterocycles. The lowest BCUT2D eigenvalue weighted by molar-refractivity contribution is -0.152. The van der Waals surface area contributed by atoms with Crippen molar-refractivity contribution in [1.82, 2.24) is 9.88 Å². The Bertz CT molecular complexity index is 1210. The molecule has 0 N–H and O–H groups in total. The van der Waals surface area contributed by atoms with E-state index in [1.165, 1.54) is 30.2 Å². The number of methoxy groups -OCH3 is 1. The minimum atomic E-state index is -1.07. The Morgan fingerprint density at radius 2 is 2.14 bits per heavy atom. The largest absolute Gasteiger partial charge is 0.482 e. The summed E-state index contributed by atoms with van der Waals surface area (Å²) in [6.07, 6.45) is 6.60. The number of rotatable bonds is 8. The van der Waals surface area contributed by atoms with Gasteiger partial charge >= 0.3 is 5.97 Å². The number of nitrogens with zero attached hydrogens (tertiary/aromatic N) is 2. The monoisotopic (exact) mass is 496 g/mol. The number of ketones is 1. The molecule has 36 heavy (non-hydrogen) atoms. The highest BCUT2D eigenvalue weighted by Crippen LogP contribution is 2.45. The average Bonchev–Trinajstić information content (AvgIpc) is 3.21. The number of hydrogen-bond donors (Lipinski definition) is 0. The molecule has 1 amide bonds. The molecule has 192 valence electrons. The smallest absolute Gasteiger partial charge is 0.328 e. The van der Waals surface area contributed by atoms with Crippen LogP contribution in [0.5, 0.6) is 5.75 Å². The van der Waals surface area contributed by atoms with Gasteiger partial charge in [-0.25, -0.2) is 14.2 Å². The minimum absolute atomic E-state index is 0.0255. The van der Waals surface area contributed by atoms with Crippen molar-refractivity contribution in [2.24, 2.45) is 5.92 Å². The molecule has 3 heterocycles. The molecule has 8 heteroatoms. The van der Waals surface area contributed by atoms with Crippen LogP contribution in [0.25, 0.3) is 10.9 Å². The van der Waals surface area contributed by atoms with E-state index in [1.807, 2.05) is 13.0 Å². The molecule has 0 aliphatic carbocycles. The standard InChI is InChI=1S/C28H33FN2O5/c1-5-6-7-8-9-10-17(2)26(33)31-16-28(14-22(31)27(34)35-4)15-23(32)24-20-13-19(29)11-12-21(20)30-18(3)25(24)36-28/h5,11-13,17,22H,1,6-10,14-16H2,2-4H3/t17-,22-,28-/m0/s1. The third-order valence-corrected chi connectivity index (χ3v) is 7.28. The number of hydrogen-bond acceptors (Lipinski definition) is 6. The van der Waals surface area contributed by atoms with Crippen LogP contribution in [0.2, 0.25) is 0 Å². The van der Waals surface area contributed by atoms with Crippen LogP contribution >= 0.6 is 0 Å².